The van der Waals surface area contributed by atoms with Crippen molar-refractivity contribution in [2.24, 2.45) is 0 Å². The first kappa shape index (κ1) is 14.5. The Hall–Kier alpha value is -0.900. The molecule has 2 N–H and O–H groups in total. The van der Waals surface area contributed by atoms with Crippen LogP contribution >= 0.6 is 0 Å². The molecule has 106 valence electrons. The molecular weight excluding hydrogens is 234 g/mol. The number of piperazine rings is 1. The summed E-state index contributed by atoms with van der Waals surface area (Å²) in [5.41, 5.74) is 2.80. The zero-order valence-electron chi connectivity index (χ0n) is 12.1. The van der Waals surface area contributed by atoms with E-state index in [4.69, 9.17) is 0 Å². The summed E-state index contributed by atoms with van der Waals surface area (Å²) in [5.74, 6) is 0. The summed E-state index contributed by atoms with van der Waals surface area (Å²) < 4.78 is 0. The maximum atomic E-state index is 3.55. The van der Waals surface area contributed by atoms with Crippen LogP contribution < -0.4 is 10.6 Å². The van der Waals surface area contributed by atoms with Crippen LogP contribution in [0.25, 0.3) is 0 Å². The van der Waals surface area contributed by atoms with Gasteiger partial charge in [-0.1, -0.05) is 29.8 Å². The van der Waals surface area contributed by atoms with E-state index in [1.807, 2.05) is 0 Å². The summed E-state index contributed by atoms with van der Waals surface area (Å²) in [6.07, 6.45) is 2.39. The smallest absolute Gasteiger partial charge is 0.0107 e. The second-order valence-electron chi connectivity index (χ2n) is 5.43. The molecule has 1 aromatic carbocycles. The van der Waals surface area contributed by atoms with Gasteiger partial charge in [0.25, 0.3) is 0 Å². The van der Waals surface area contributed by atoms with E-state index in [0.717, 1.165) is 32.6 Å². The fourth-order valence-corrected chi connectivity index (χ4v) is 2.59. The second-order valence-corrected chi connectivity index (χ2v) is 5.43. The number of hydrogen-bond acceptors (Lipinski definition) is 3. The lowest BCUT2D eigenvalue weighted by atomic mass is 10.1. The standard InChI is InChI=1S/C16H27N3/c1-15-4-2-5-16(14-15)6-8-17-7-3-11-19-12-9-18-10-13-19/h2,4-5,14,17-18H,3,6-13H2,1H3. The van der Waals surface area contributed by atoms with E-state index < -0.39 is 0 Å². The maximum absolute atomic E-state index is 3.55. The highest BCUT2D eigenvalue weighted by Gasteiger charge is 2.07. The minimum atomic E-state index is 1.09. The minimum Gasteiger partial charge on any atom is -0.316 e. The van der Waals surface area contributed by atoms with Gasteiger partial charge in [-0.15, -0.1) is 0 Å². The summed E-state index contributed by atoms with van der Waals surface area (Å²) >= 11 is 0. The largest absolute Gasteiger partial charge is 0.316 e. The Bertz CT molecular complexity index is 359. The SMILES string of the molecule is Cc1cccc(CCNCCCN2CCNCC2)c1. The highest BCUT2D eigenvalue weighted by atomic mass is 15.2. The van der Waals surface area contributed by atoms with Crippen LogP contribution in [0, 0.1) is 6.92 Å². The third-order valence-corrected chi connectivity index (χ3v) is 3.71. The fourth-order valence-electron chi connectivity index (χ4n) is 2.59. The summed E-state index contributed by atoms with van der Waals surface area (Å²) in [7, 11) is 0. The Kier molecular flexibility index (Phi) is 6.34. The zero-order chi connectivity index (χ0) is 13.3. The molecule has 3 nitrogen and oxygen atoms in total. The number of nitrogens with one attached hydrogen (secondary N) is 2. The van der Waals surface area contributed by atoms with Gasteiger partial charge in [0.1, 0.15) is 0 Å². The number of hydrogen-bond donors (Lipinski definition) is 2. The summed E-state index contributed by atoms with van der Waals surface area (Å²) in [4.78, 5) is 2.55. The average Bonchev–Trinajstić information content (AvgIpc) is 2.44. The van der Waals surface area contributed by atoms with E-state index in [1.165, 1.54) is 37.2 Å². The first-order valence-corrected chi connectivity index (χ1v) is 7.54. The van der Waals surface area contributed by atoms with Gasteiger partial charge in [0.2, 0.25) is 0 Å². The lowest BCUT2D eigenvalue weighted by Crippen LogP contribution is -2.44. The topological polar surface area (TPSA) is 27.3 Å². The fraction of sp³-hybridized carbons (Fsp3) is 0.625. The highest BCUT2D eigenvalue weighted by molar-refractivity contribution is 5.22. The third kappa shape index (κ3) is 5.72. The lowest BCUT2D eigenvalue weighted by Gasteiger charge is -2.27. The number of nitrogens with zero attached hydrogens (tertiary/aromatic N) is 1. The van der Waals surface area contributed by atoms with Crippen LogP contribution in [0.2, 0.25) is 0 Å². The molecule has 19 heavy (non-hydrogen) atoms. The Labute approximate surface area is 117 Å². The normalized spacial score (nSPS) is 16.7. The van der Waals surface area contributed by atoms with Gasteiger partial charge in [-0.25, -0.2) is 0 Å². The summed E-state index contributed by atoms with van der Waals surface area (Å²) in [5, 5.41) is 6.94. The Morgan fingerprint density at radius 2 is 2.05 bits per heavy atom. The van der Waals surface area contributed by atoms with Crippen LogP contribution in [-0.2, 0) is 6.42 Å². The Morgan fingerprint density at radius 1 is 1.21 bits per heavy atom. The van der Waals surface area contributed by atoms with Crippen LogP contribution in [-0.4, -0.2) is 50.7 Å². The molecule has 0 aliphatic carbocycles. The summed E-state index contributed by atoms with van der Waals surface area (Å²) in [6.45, 7) is 10.3. The molecule has 1 aliphatic rings. The molecular formula is C16H27N3. The first-order chi connectivity index (χ1) is 9.34. The molecule has 0 bridgehead atoms. The van der Waals surface area contributed by atoms with Gasteiger partial charge in [0.05, 0.1) is 0 Å². The van der Waals surface area contributed by atoms with Crippen molar-refractivity contribution >= 4 is 0 Å². The Morgan fingerprint density at radius 3 is 2.84 bits per heavy atom. The second kappa shape index (κ2) is 8.31. The maximum Gasteiger partial charge on any atom is 0.0107 e. The van der Waals surface area contributed by atoms with Crippen molar-refractivity contribution in [3.8, 4) is 0 Å². The molecule has 3 heteroatoms. The van der Waals surface area contributed by atoms with Crippen LogP contribution in [0.15, 0.2) is 24.3 Å². The quantitative estimate of drug-likeness (QED) is 0.727. The van der Waals surface area contributed by atoms with Gasteiger partial charge in [-0.05, 0) is 45.0 Å². The van der Waals surface area contributed by atoms with E-state index in [9.17, 15) is 0 Å². The van der Waals surface area contributed by atoms with Gasteiger partial charge in [0.15, 0.2) is 0 Å². The highest BCUT2D eigenvalue weighted by Crippen LogP contribution is 2.03. The predicted molar refractivity (Wildman–Crippen MR) is 81.7 cm³/mol. The molecule has 1 aliphatic heterocycles. The van der Waals surface area contributed by atoms with Crippen molar-refractivity contribution in [3.05, 3.63) is 35.4 Å². The molecule has 2 rings (SSSR count). The van der Waals surface area contributed by atoms with Crippen molar-refractivity contribution in [2.45, 2.75) is 19.8 Å². The van der Waals surface area contributed by atoms with Crippen molar-refractivity contribution in [1.82, 2.24) is 15.5 Å². The minimum absolute atomic E-state index is 1.09. The van der Waals surface area contributed by atoms with Crippen molar-refractivity contribution in [2.75, 3.05) is 45.8 Å². The van der Waals surface area contributed by atoms with Gasteiger partial charge in [-0.2, -0.15) is 0 Å². The molecule has 0 atom stereocenters. The monoisotopic (exact) mass is 261 g/mol. The molecule has 1 aromatic rings. The van der Waals surface area contributed by atoms with E-state index in [0.29, 0.717) is 0 Å². The molecule has 0 radical (unpaired) electrons. The third-order valence-electron chi connectivity index (χ3n) is 3.71. The summed E-state index contributed by atoms with van der Waals surface area (Å²) in [6, 6.07) is 8.80. The molecule has 0 saturated carbocycles. The van der Waals surface area contributed by atoms with E-state index >= 15 is 0 Å². The van der Waals surface area contributed by atoms with Crippen LogP contribution in [0.5, 0.6) is 0 Å². The molecule has 0 spiro atoms. The number of rotatable bonds is 7. The van der Waals surface area contributed by atoms with Crippen LogP contribution in [0.4, 0.5) is 0 Å². The van der Waals surface area contributed by atoms with Gasteiger partial charge >= 0.3 is 0 Å². The van der Waals surface area contributed by atoms with Crippen molar-refractivity contribution < 1.29 is 0 Å². The first-order valence-electron chi connectivity index (χ1n) is 7.54. The lowest BCUT2D eigenvalue weighted by molar-refractivity contribution is 0.238. The van der Waals surface area contributed by atoms with Crippen LogP contribution in [0.3, 0.4) is 0 Å². The van der Waals surface area contributed by atoms with Crippen LogP contribution in [0.1, 0.15) is 17.5 Å². The van der Waals surface area contributed by atoms with Gasteiger partial charge in [0, 0.05) is 26.2 Å². The van der Waals surface area contributed by atoms with Crippen molar-refractivity contribution in [3.63, 3.8) is 0 Å². The molecule has 1 heterocycles. The van der Waals surface area contributed by atoms with Gasteiger partial charge < -0.3 is 15.5 Å². The molecule has 0 aromatic heterocycles. The Balaban J connectivity index is 1.50. The predicted octanol–water partition coefficient (Wildman–Crippen LogP) is 1.42. The van der Waals surface area contributed by atoms with Gasteiger partial charge in [-0.3, -0.25) is 0 Å². The molecule has 1 fully saturated rings. The molecule has 0 amide bonds. The number of benzene rings is 1. The molecule has 0 unspecified atom stereocenters. The average molecular weight is 261 g/mol. The number of aryl methyl sites for hydroxylation is 1. The van der Waals surface area contributed by atoms with E-state index in [2.05, 4.69) is 46.7 Å². The zero-order valence-corrected chi connectivity index (χ0v) is 12.1. The molecule has 1 saturated heterocycles. The van der Waals surface area contributed by atoms with E-state index in [1.54, 1.807) is 0 Å². The van der Waals surface area contributed by atoms with E-state index in [-0.39, 0.29) is 0 Å². The van der Waals surface area contributed by atoms with Crippen molar-refractivity contribution in [1.29, 1.82) is 0 Å².